The SMILES string of the molecule is Cc1cccnc1N1C(=O)C(O)=C(C(=O)c2ccccc2)C1c1ccccc1. The molecule has 0 radical (unpaired) electrons. The topological polar surface area (TPSA) is 70.5 Å². The average molecular weight is 370 g/mol. The summed E-state index contributed by atoms with van der Waals surface area (Å²) in [7, 11) is 0. The number of hydrogen-bond acceptors (Lipinski definition) is 4. The molecule has 1 aliphatic rings. The number of aliphatic hydroxyl groups excluding tert-OH is 1. The minimum absolute atomic E-state index is 0.0625. The Hall–Kier alpha value is -3.73. The number of ketones is 1. The van der Waals surface area contributed by atoms with E-state index in [1.54, 1.807) is 36.5 Å². The lowest BCUT2D eigenvalue weighted by molar-refractivity contribution is -0.117. The molecule has 1 aromatic heterocycles. The molecule has 4 rings (SSSR count). The first-order chi connectivity index (χ1) is 13.6. The molecule has 0 aliphatic carbocycles. The molecule has 1 aliphatic heterocycles. The van der Waals surface area contributed by atoms with Crippen LogP contribution in [0.1, 0.15) is 27.5 Å². The van der Waals surface area contributed by atoms with Crippen molar-refractivity contribution >= 4 is 17.5 Å². The van der Waals surface area contributed by atoms with Gasteiger partial charge >= 0.3 is 0 Å². The Labute approximate surface area is 162 Å². The molecule has 0 saturated heterocycles. The molecule has 1 amide bonds. The lowest BCUT2D eigenvalue weighted by atomic mass is 9.92. The maximum absolute atomic E-state index is 13.2. The molecular formula is C23H18N2O3. The van der Waals surface area contributed by atoms with Gasteiger partial charge in [0.2, 0.25) is 0 Å². The molecule has 1 atom stereocenters. The van der Waals surface area contributed by atoms with Crippen LogP contribution >= 0.6 is 0 Å². The molecule has 2 heterocycles. The molecule has 0 fully saturated rings. The minimum Gasteiger partial charge on any atom is -0.503 e. The lowest BCUT2D eigenvalue weighted by Gasteiger charge is -2.27. The number of carbonyl (C=O) groups is 2. The maximum Gasteiger partial charge on any atom is 0.295 e. The van der Waals surface area contributed by atoms with Crippen LogP contribution in [0.2, 0.25) is 0 Å². The van der Waals surface area contributed by atoms with Crippen molar-refractivity contribution in [3.05, 3.63) is 107 Å². The van der Waals surface area contributed by atoms with Crippen molar-refractivity contribution in [2.45, 2.75) is 13.0 Å². The molecule has 0 bridgehead atoms. The van der Waals surface area contributed by atoms with Crippen LogP contribution in [-0.2, 0) is 4.79 Å². The predicted molar refractivity (Wildman–Crippen MR) is 106 cm³/mol. The van der Waals surface area contributed by atoms with Crippen LogP contribution in [-0.4, -0.2) is 21.8 Å². The second kappa shape index (κ2) is 7.12. The van der Waals surface area contributed by atoms with E-state index in [4.69, 9.17) is 0 Å². The van der Waals surface area contributed by atoms with Crippen LogP contribution in [0.15, 0.2) is 90.3 Å². The second-order valence-electron chi connectivity index (χ2n) is 6.59. The third-order valence-electron chi connectivity index (χ3n) is 4.81. The van der Waals surface area contributed by atoms with Crippen LogP contribution in [0.25, 0.3) is 0 Å². The van der Waals surface area contributed by atoms with Crippen molar-refractivity contribution < 1.29 is 14.7 Å². The van der Waals surface area contributed by atoms with Gasteiger partial charge in [-0.25, -0.2) is 4.98 Å². The van der Waals surface area contributed by atoms with E-state index in [1.807, 2.05) is 49.4 Å². The molecule has 5 nitrogen and oxygen atoms in total. The average Bonchev–Trinajstić information content (AvgIpc) is 3.00. The Kier molecular flexibility index (Phi) is 4.49. The fourth-order valence-electron chi connectivity index (χ4n) is 3.48. The van der Waals surface area contributed by atoms with Crippen LogP contribution in [0.3, 0.4) is 0 Å². The van der Waals surface area contributed by atoms with E-state index in [2.05, 4.69) is 4.98 Å². The third-order valence-corrected chi connectivity index (χ3v) is 4.81. The van der Waals surface area contributed by atoms with Crippen LogP contribution in [0.5, 0.6) is 0 Å². The minimum atomic E-state index is -0.755. The van der Waals surface area contributed by atoms with Crippen molar-refractivity contribution in [2.75, 3.05) is 4.90 Å². The van der Waals surface area contributed by atoms with Crippen LogP contribution < -0.4 is 4.90 Å². The van der Waals surface area contributed by atoms with Crippen molar-refractivity contribution in [3.8, 4) is 0 Å². The number of aliphatic hydroxyl groups is 1. The number of hydrogen-bond donors (Lipinski definition) is 1. The molecule has 0 saturated carbocycles. The molecule has 1 N–H and O–H groups in total. The quantitative estimate of drug-likeness (QED) is 0.700. The van der Waals surface area contributed by atoms with E-state index >= 15 is 0 Å². The summed E-state index contributed by atoms with van der Waals surface area (Å²) in [4.78, 5) is 32.0. The van der Waals surface area contributed by atoms with E-state index in [0.29, 0.717) is 11.4 Å². The van der Waals surface area contributed by atoms with Gasteiger partial charge in [-0.3, -0.25) is 14.5 Å². The highest BCUT2D eigenvalue weighted by Crippen LogP contribution is 2.41. The Bertz CT molecular complexity index is 1080. The number of amides is 1. The number of pyridine rings is 1. The first kappa shape index (κ1) is 17.7. The van der Waals surface area contributed by atoms with Gasteiger partial charge in [-0.05, 0) is 24.1 Å². The highest BCUT2D eigenvalue weighted by atomic mass is 16.3. The Morgan fingerprint density at radius 1 is 0.964 bits per heavy atom. The summed E-state index contributed by atoms with van der Waals surface area (Å²) in [6.07, 6.45) is 1.59. The zero-order valence-corrected chi connectivity index (χ0v) is 15.2. The molecule has 3 aromatic rings. The van der Waals surface area contributed by atoms with Crippen molar-refractivity contribution in [1.82, 2.24) is 4.98 Å². The number of rotatable bonds is 4. The molecule has 0 spiro atoms. The number of benzene rings is 2. The maximum atomic E-state index is 13.2. The normalized spacial score (nSPS) is 16.5. The molecule has 2 aromatic carbocycles. The number of nitrogens with zero attached hydrogens (tertiary/aromatic N) is 2. The fraction of sp³-hybridized carbons (Fsp3) is 0.0870. The Balaban J connectivity index is 1.90. The van der Waals surface area contributed by atoms with Gasteiger partial charge < -0.3 is 5.11 Å². The van der Waals surface area contributed by atoms with E-state index in [0.717, 1.165) is 11.1 Å². The van der Waals surface area contributed by atoms with Gasteiger partial charge in [0.25, 0.3) is 5.91 Å². The van der Waals surface area contributed by atoms with Crippen LogP contribution in [0, 0.1) is 6.92 Å². The second-order valence-corrected chi connectivity index (χ2v) is 6.59. The standard InChI is InChI=1S/C23H18N2O3/c1-15-9-8-14-24-22(15)25-19(16-10-4-2-5-11-16)18(21(27)23(25)28)20(26)17-12-6-3-7-13-17/h2-14,19,27H,1H3. The monoisotopic (exact) mass is 370 g/mol. The predicted octanol–water partition coefficient (Wildman–Crippen LogP) is 4.17. The largest absolute Gasteiger partial charge is 0.503 e. The van der Waals surface area contributed by atoms with E-state index < -0.39 is 17.7 Å². The van der Waals surface area contributed by atoms with E-state index in [1.165, 1.54) is 4.90 Å². The number of carbonyl (C=O) groups excluding carboxylic acids is 2. The van der Waals surface area contributed by atoms with Crippen molar-refractivity contribution in [1.29, 1.82) is 0 Å². The molecule has 138 valence electrons. The highest BCUT2D eigenvalue weighted by Gasteiger charge is 2.45. The number of aromatic nitrogens is 1. The summed E-state index contributed by atoms with van der Waals surface area (Å²) < 4.78 is 0. The summed E-state index contributed by atoms with van der Waals surface area (Å²) in [6, 6.07) is 20.7. The highest BCUT2D eigenvalue weighted by molar-refractivity contribution is 6.20. The molecule has 28 heavy (non-hydrogen) atoms. The first-order valence-corrected chi connectivity index (χ1v) is 8.92. The van der Waals surface area contributed by atoms with Crippen LogP contribution in [0.4, 0.5) is 5.82 Å². The smallest absolute Gasteiger partial charge is 0.295 e. The third kappa shape index (κ3) is 2.87. The van der Waals surface area contributed by atoms with E-state index in [-0.39, 0.29) is 11.4 Å². The van der Waals surface area contributed by atoms with Crippen molar-refractivity contribution in [3.63, 3.8) is 0 Å². The number of anilines is 1. The number of Topliss-reactive ketones (excluding diaryl/α,β-unsaturated/α-hetero) is 1. The van der Waals surface area contributed by atoms with Gasteiger partial charge in [0.1, 0.15) is 5.82 Å². The summed E-state index contributed by atoms with van der Waals surface area (Å²) in [5.41, 5.74) is 1.98. The molecular weight excluding hydrogens is 352 g/mol. The van der Waals surface area contributed by atoms with Gasteiger partial charge in [-0.2, -0.15) is 0 Å². The van der Waals surface area contributed by atoms with E-state index in [9.17, 15) is 14.7 Å². The van der Waals surface area contributed by atoms with Gasteiger partial charge in [-0.15, -0.1) is 0 Å². The summed E-state index contributed by atoms with van der Waals surface area (Å²) in [5.74, 6) is -1.12. The summed E-state index contributed by atoms with van der Waals surface area (Å²) in [5, 5.41) is 10.7. The van der Waals surface area contributed by atoms with Gasteiger partial charge in [0, 0.05) is 11.8 Å². The van der Waals surface area contributed by atoms with Gasteiger partial charge in [0.15, 0.2) is 11.5 Å². The zero-order chi connectivity index (χ0) is 19.7. The molecule has 1 unspecified atom stereocenters. The fourth-order valence-corrected chi connectivity index (χ4v) is 3.48. The van der Waals surface area contributed by atoms with Gasteiger partial charge in [-0.1, -0.05) is 66.7 Å². The summed E-state index contributed by atoms with van der Waals surface area (Å²) >= 11 is 0. The van der Waals surface area contributed by atoms with Crippen molar-refractivity contribution in [2.24, 2.45) is 0 Å². The van der Waals surface area contributed by atoms with Gasteiger partial charge in [0.05, 0.1) is 11.6 Å². The zero-order valence-electron chi connectivity index (χ0n) is 15.2. The Morgan fingerprint density at radius 3 is 2.25 bits per heavy atom. The molecule has 5 heteroatoms. The number of aryl methyl sites for hydroxylation is 1. The summed E-state index contributed by atoms with van der Waals surface area (Å²) in [6.45, 7) is 1.84. The lowest BCUT2D eigenvalue weighted by Crippen LogP contribution is -2.32. The first-order valence-electron chi connectivity index (χ1n) is 8.92. The Morgan fingerprint density at radius 2 is 1.61 bits per heavy atom.